The van der Waals surface area contributed by atoms with Gasteiger partial charge in [0.15, 0.2) is 0 Å². The predicted molar refractivity (Wildman–Crippen MR) is 155 cm³/mol. The minimum Gasteiger partial charge on any atom is -0.491 e. The maximum atomic E-state index is 12.5. The number of carbonyl (C=O) groups excluding carboxylic acids is 1. The van der Waals surface area contributed by atoms with E-state index in [9.17, 15) is 30.0 Å². The predicted octanol–water partition coefficient (Wildman–Crippen LogP) is 2.46. The SMILES string of the molecule is CC(C)(O)COc1ccc(C[C@H](NC(=O)OC(C)(C)C)C(O)CNC[C@@H](O)[C@H](Cc2ccccc2)NC(=O)O)cc1. The zero-order valence-electron chi connectivity index (χ0n) is 24.5. The number of aliphatic hydroxyl groups is 3. The highest BCUT2D eigenvalue weighted by atomic mass is 16.6. The summed E-state index contributed by atoms with van der Waals surface area (Å²) >= 11 is 0. The fourth-order valence-corrected chi connectivity index (χ4v) is 3.95. The Labute approximate surface area is 241 Å². The molecule has 1 unspecified atom stereocenters. The number of alkyl carbamates (subject to hydrolysis) is 1. The molecule has 0 saturated carbocycles. The number of hydrogen-bond donors (Lipinski definition) is 7. The number of ether oxygens (including phenoxy) is 2. The third kappa shape index (κ3) is 14.2. The molecule has 0 saturated heterocycles. The summed E-state index contributed by atoms with van der Waals surface area (Å²) in [5, 5.41) is 48.9. The summed E-state index contributed by atoms with van der Waals surface area (Å²) in [4.78, 5) is 23.8. The topological polar surface area (TPSA) is 170 Å². The Kier molecular flexibility index (Phi) is 12.8. The molecule has 2 amide bonds. The lowest BCUT2D eigenvalue weighted by Crippen LogP contribution is -2.52. The monoisotopic (exact) mass is 575 g/mol. The van der Waals surface area contributed by atoms with Crippen LogP contribution in [0, 0.1) is 0 Å². The Morgan fingerprint density at radius 3 is 1.80 bits per heavy atom. The van der Waals surface area contributed by atoms with Gasteiger partial charge in [0, 0.05) is 13.1 Å². The van der Waals surface area contributed by atoms with E-state index in [1.54, 1.807) is 58.9 Å². The van der Waals surface area contributed by atoms with E-state index >= 15 is 0 Å². The summed E-state index contributed by atoms with van der Waals surface area (Å²) in [5.41, 5.74) is -0.0265. The number of rotatable bonds is 15. The van der Waals surface area contributed by atoms with Crippen molar-refractivity contribution < 1.29 is 39.5 Å². The minimum absolute atomic E-state index is 0.00123. The molecule has 0 aliphatic rings. The number of amides is 2. The van der Waals surface area contributed by atoms with Gasteiger partial charge in [0.1, 0.15) is 18.0 Å². The Bertz CT molecular complexity index is 1070. The molecule has 7 N–H and O–H groups in total. The Morgan fingerprint density at radius 2 is 1.32 bits per heavy atom. The average Bonchev–Trinajstić information content (AvgIpc) is 2.86. The van der Waals surface area contributed by atoms with E-state index in [1.807, 2.05) is 30.3 Å². The largest absolute Gasteiger partial charge is 0.491 e. The van der Waals surface area contributed by atoms with Gasteiger partial charge in [-0.2, -0.15) is 0 Å². The van der Waals surface area contributed by atoms with Gasteiger partial charge in [-0.1, -0.05) is 42.5 Å². The third-order valence-corrected chi connectivity index (χ3v) is 5.92. The van der Waals surface area contributed by atoms with Crippen LogP contribution in [0.2, 0.25) is 0 Å². The van der Waals surface area contributed by atoms with Crippen LogP contribution in [-0.4, -0.2) is 87.8 Å². The number of carbonyl (C=O) groups is 2. The van der Waals surface area contributed by atoms with Crippen LogP contribution in [0.15, 0.2) is 54.6 Å². The first-order valence-electron chi connectivity index (χ1n) is 13.6. The lowest BCUT2D eigenvalue weighted by molar-refractivity contribution is 0.0285. The van der Waals surface area contributed by atoms with Crippen LogP contribution in [0.25, 0.3) is 0 Å². The van der Waals surface area contributed by atoms with Crippen LogP contribution in [0.3, 0.4) is 0 Å². The number of benzene rings is 2. The van der Waals surface area contributed by atoms with Gasteiger partial charge in [-0.25, -0.2) is 9.59 Å². The molecule has 0 radical (unpaired) electrons. The second-order valence-corrected chi connectivity index (χ2v) is 11.7. The molecule has 2 aromatic carbocycles. The summed E-state index contributed by atoms with van der Waals surface area (Å²) < 4.78 is 11.0. The van der Waals surface area contributed by atoms with E-state index in [0.29, 0.717) is 5.75 Å². The van der Waals surface area contributed by atoms with Crippen molar-refractivity contribution in [2.45, 2.75) is 83.0 Å². The molecule has 41 heavy (non-hydrogen) atoms. The molecule has 0 fully saturated rings. The molecule has 0 spiro atoms. The van der Waals surface area contributed by atoms with Crippen molar-refractivity contribution in [1.29, 1.82) is 0 Å². The molecular formula is C30H45N3O8. The van der Waals surface area contributed by atoms with E-state index in [1.165, 1.54) is 0 Å². The highest BCUT2D eigenvalue weighted by molar-refractivity contribution is 5.68. The highest BCUT2D eigenvalue weighted by Gasteiger charge is 2.26. The summed E-state index contributed by atoms with van der Waals surface area (Å²) in [6.45, 7) is 8.65. The zero-order chi connectivity index (χ0) is 30.6. The van der Waals surface area contributed by atoms with E-state index in [-0.39, 0.29) is 32.5 Å². The smallest absolute Gasteiger partial charge is 0.407 e. The average molecular weight is 576 g/mol. The molecule has 0 aliphatic carbocycles. The quantitative estimate of drug-likeness (QED) is 0.169. The van der Waals surface area contributed by atoms with Crippen LogP contribution in [0.5, 0.6) is 5.75 Å². The molecule has 11 heteroatoms. The van der Waals surface area contributed by atoms with Crippen LogP contribution in [0.4, 0.5) is 9.59 Å². The molecule has 0 bridgehead atoms. The molecule has 0 aromatic heterocycles. The standard InChI is InChI=1S/C30H45N3O8/c1-29(2,3)41-28(38)33-24(16-21-11-13-22(14-12-21)40-19-30(4,5)39)26(35)18-31-17-25(34)23(32-27(36)37)15-20-9-7-6-8-10-20/h6-14,23-26,31-32,34-35,39H,15-19H2,1-5H3,(H,33,38)(H,36,37)/t23-,24-,25+,26?/m0/s1. The first-order valence-corrected chi connectivity index (χ1v) is 13.6. The number of carboxylic acid groups (broad SMARTS) is 1. The Morgan fingerprint density at radius 1 is 0.805 bits per heavy atom. The van der Waals surface area contributed by atoms with Gasteiger partial charge < -0.3 is 45.9 Å². The molecule has 228 valence electrons. The fourth-order valence-electron chi connectivity index (χ4n) is 3.95. The van der Waals surface area contributed by atoms with Crippen LogP contribution in [-0.2, 0) is 17.6 Å². The molecule has 11 nitrogen and oxygen atoms in total. The van der Waals surface area contributed by atoms with Crippen molar-refractivity contribution in [3.8, 4) is 5.75 Å². The van der Waals surface area contributed by atoms with Crippen molar-refractivity contribution in [3.63, 3.8) is 0 Å². The number of nitrogens with one attached hydrogen (secondary N) is 3. The van der Waals surface area contributed by atoms with Crippen molar-refractivity contribution in [2.24, 2.45) is 0 Å². The fraction of sp³-hybridized carbons (Fsp3) is 0.533. The van der Waals surface area contributed by atoms with Crippen molar-refractivity contribution in [3.05, 3.63) is 65.7 Å². The minimum atomic E-state index is -1.25. The first-order chi connectivity index (χ1) is 19.1. The van der Waals surface area contributed by atoms with Crippen LogP contribution < -0.4 is 20.7 Å². The maximum absolute atomic E-state index is 12.5. The first kappa shape index (κ1) is 33.8. The summed E-state index contributed by atoms with van der Waals surface area (Å²) in [5.74, 6) is 0.573. The number of aliphatic hydroxyl groups excluding tert-OH is 2. The lowest BCUT2D eigenvalue weighted by Gasteiger charge is -2.28. The third-order valence-electron chi connectivity index (χ3n) is 5.92. The van der Waals surface area contributed by atoms with Gasteiger partial charge in [-0.3, -0.25) is 0 Å². The Balaban J connectivity index is 2.03. The van der Waals surface area contributed by atoms with Gasteiger partial charge in [-0.15, -0.1) is 0 Å². The van der Waals surface area contributed by atoms with Gasteiger partial charge in [-0.05, 0) is 70.7 Å². The molecule has 0 heterocycles. The number of hydrogen-bond acceptors (Lipinski definition) is 8. The Hall–Kier alpha value is -3.38. The second kappa shape index (κ2) is 15.6. The van der Waals surface area contributed by atoms with Gasteiger partial charge in [0.2, 0.25) is 0 Å². The molecular weight excluding hydrogens is 530 g/mol. The van der Waals surface area contributed by atoms with E-state index in [4.69, 9.17) is 9.47 Å². The summed E-state index contributed by atoms with van der Waals surface area (Å²) in [6.07, 6.45) is -3.51. The summed E-state index contributed by atoms with van der Waals surface area (Å²) in [6, 6.07) is 14.8. The highest BCUT2D eigenvalue weighted by Crippen LogP contribution is 2.17. The zero-order valence-corrected chi connectivity index (χ0v) is 24.5. The van der Waals surface area contributed by atoms with Gasteiger partial charge >= 0.3 is 12.2 Å². The lowest BCUT2D eigenvalue weighted by atomic mass is 10.00. The van der Waals surface area contributed by atoms with Crippen molar-refractivity contribution in [1.82, 2.24) is 16.0 Å². The molecule has 0 aliphatic heterocycles. The molecule has 2 rings (SSSR count). The van der Waals surface area contributed by atoms with E-state index in [0.717, 1.165) is 11.1 Å². The molecule has 2 aromatic rings. The van der Waals surface area contributed by atoms with Crippen LogP contribution >= 0.6 is 0 Å². The van der Waals surface area contributed by atoms with Crippen molar-refractivity contribution in [2.75, 3.05) is 19.7 Å². The van der Waals surface area contributed by atoms with Crippen LogP contribution in [0.1, 0.15) is 45.7 Å². The molecule has 4 atom stereocenters. The van der Waals surface area contributed by atoms with E-state index < -0.39 is 47.7 Å². The summed E-state index contributed by atoms with van der Waals surface area (Å²) in [7, 11) is 0. The second-order valence-electron chi connectivity index (χ2n) is 11.7. The van der Waals surface area contributed by atoms with Gasteiger partial charge in [0.05, 0.1) is 29.9 Å². The van der Waals surface area contributed by atoms with Gasteiger partial charge in [0.25, 0.3) is 0 Å². The van der Waals surface area contributed by atoms with Crippen molar-refractivity contribution >= 4 is 12.2 Å². The maximum Gasteiger partial charge on any atom is 0.407 e. The van der Waals surface area contributed by atoms with E-state index in [2.05, 4.69) is 16.0 Å². The normalized spacial score (nSPS) is 14.8.